The first-order valence-electron chi connectivity index (χ1n) is 1.93. The molecule has 0 aromatic carbocycles. The summed E-state index contributed by atoms with van der Waals surface area (Å²) in [6.07, 6.45) is 0. The average molecular weight is 413 g/mol. The van der Waals surface area contributed by atoms with Crippen LogP contribution in [0.1, 0.15) is 0 Å². The first kappa shape index (κ1) is 17.6. The van der Waals surface area contributed by atoms with Gasteiger partial charge in [-0.2, -0.15) is 0 Å². The van der Waals surface area contributed by atoms with Gasteiger partial charge >= 0.3 is 0 Å². The molecule has 6 heteroatoms. The van der Waals surface area contributed by atoms with Crippen molar-refractivity contribution in [1.82, 2.24) is 0 Å². The van der Waals surface area contributed by atoms with Crippen molar-refractivity contribution in [3.05, 3.63) is 0 Å². The number of hydrogen-bond acceptors (Lipinski definition) is 2. The maximum absolute atomic E-state index is 8.33. The molecule has 0 aromatic heterocycles. The minimum absolute atomic E-state index is 0. The van der Waals surface area contributed by atoms with Gasteiger partial charge in [-0.1, -0.05) is 0 Å². The van der Waals surface area contributed by atoms with E-state index in [0.717, 1.165) is 5.90 Å². The molecule has 0 fully saturated rings. The van der Waals surface area contributed by atoms with Gasteiger partial charge < -0.3 is 9.42 Å². The zero-order valence-electron chi connectivity index (χ0n) is 5.50. The molecule has 0 spiro atoms. The summed E-state index contributed by atoms with van der Waals surface area (Å²) in [6, 6.07) is 0. The molecule has 0 aliphatic carbocycles. The summed E-state index contributed by atoms with van der Waals surface area (Å²) < 4.78 is 4.90. The van der Waals surface area contributed by atoms with E-state index in [4.69, 9.17) is 9.42 Å². The van der Waals surface area contributed by atoms with Crippen LogP contribution in [0.3, 0.4) is 0 Å². The molecular weight excluding hydrogens is 403 g/mol. The van der Waals surface area contributed by atoms with Gasteiger partial charge in [0.05, 0.1) is 0 Å². The molecule has 1 N–H and O–H groups in total. The Balaban J connectivity index is -0.000000180. The van der Waals surface area contributed by atoms with E-state index < -0.39 is 0 Å². The minimum Gasteiger partial charge on any atom is -0.377 e. The summed E-state index contributed by atoms with van der Waals surface area (Å²) in [5.74, 6) is 0.825. The molecule has 1 radical (unpaired) electrons. The Kier molecular flexibility index (Phi) is 25.8. The third-order valence-corrected chi connectivity index (χ3v) is 3.58. The second-order valence-electron chi connectivity index (χ2n) is 1.13. The molecule has 0 aliphatic heterocycles. The summed E-state index contributed by atoms with van der Waals surface area (Å²) in [7, 11) is 1.41. The Morgan fingerprint density at radius 2 is 2.11 bits per heavy atom. The van der Waals surface area contributed by atoms with Crippen LogP contribution in [0.2, 0.25) is 0 Å². The van der Waals surface area contributed by atoms with E-state index >= 15 is 0 Å². The van der Waals surface area contributed by atoms with E-state index in [1.54, 1.807) is 7.11 Å². The summed E-state index contributed by atoms with van der Waals surface area (Å²) in [5, 5.41) is 0. The van der Waals surface area contributed by atoms with Gasteiger partial charge in [-0.3, -0.25) is 0 Å². The Morgan fingerprint density at radius 1 is 1.67 bits per heavy atom. The van der Waals surface area contributed by atoms with E-state index in [2.05, 4.69) is 0 Å². The molecule has 0 amide bonds. The fourth-order valence-electron chi connectivity index (χ4n) is 0.164. The topological polar surface area (TPSA) is 29.5 Å². The van der Waals surface area contributed by atoms with Crippen LogP contribution >= 0.6 is 17.0 Å². The molecular formula is C3H10O2P2WY. The van der Waals surface area contributed by atoms with Gasteiger partial charge in [0.15, 0.2) is 0 Å². The van der Waals surface area contributed by atoms with Gasteiger partial charge in [-0.15, -0.1) is 0 Å². The Bertz CT molecular complexity index is 50.8. The largest absolute Gasteiger partial charge is 0.377 e. The van der Waals surface area contributed by atoms with E-state index in [-0.39, 0.29) is 70.7 Å². The molecule has 0 rings (SSSR count). The van der Waals surface area contributed by atoms with Gasteiger partial charge in [-0.05, 0) is 6.66 Å². The van der Waals surface area contributed by atoms with Crippen molar-refractivity contribution in [3.63, 3.8) is 0 Å². The van der Waals surface area contributed by atoms with Crippen molar-refractivity contribution in [2.45, 2.75) is 0 Å². The van der Waals surface area contributed by atoms with Crippen LogP contribution in [-0.2, 0) is 58.3 Å². The van der Waals surface area contributed by atoms with Crippen LogP contribution in [-0.4, -0.2) is 24.6 Å². The Morgan fingerprint density at radius 3 is 2.22 bits per heavy atom. The van der Waals surface area contributed by atoms with Crippen LogP contribution in [0, 0.1) is 0 Å². The third kappa shape index (κ3) is 13.5. The molecule has 53 valence electrons. The summed E-state index contributed by atoms with van der Waals surface area (Å²) in [5.41, 5.74) is 0. The van der Waals surface area contributed by atoms with Gasteiger partial charge in [0.2, 0.25) is 0 Å². The second kappa shape index (κ2) is 13.2. The minimum atomic E-state index is -0.316. The van der Waals surface area contributed by atoms with Crippen LogP contribution < -0.4 is 0 Å². The monoisotopic (exact) mass is 413 g/mol. The van der Waals surface area contributed by atoms with Gasteiger partial charge in [-0.25, -0.2) is 0 Å². The molecule has 2 nitrogen and oxygen atoms in total. The van der Waals surface area contributed by atoms with Gasteiger partial charge in [0.25, 0.3) is 0 Å². The number of rotatable bonds is 3. The SMILES string of the molecule is COP(C)CPO.[W].[Y]. The zero-order valence-corrected chi connectivity index (χ0v) is 13.2. The average Bonchev–Trinajstić information content (AvgIpc) is 1.68. The molecule has 2 atom stereocenters. The number of hydrogen-bond donors (Lipinski definition) is 1. The van der Waals surface area contributed by atoms with Crippen LogP contribution in [0.5, 0.6) is 0 Å². The van der Waals surface area contributed by atoms with Crippen molar-refractivity contribution in [2.24, 2.45) is 0 Å². The summed E-state index contributed by atoms with van der Waals surface area (Å²) >= 11 is 0. The van der Waals surface area contributed by atoms with E-state index in [9.17, 15) is 0 Å². The first-order chi connectivity index (χ1) is 3.31. The van der Waals surface area contributed by atoms with Crippen LogP contribution in [0.4, 0.5) is 0 Å². The molecule has 0 aliphatic rings. The molecule has 2 unspecified atom stereocenters. The third-order valence-electron chi connectivity index (χ3n) is 0.605. The molecule has 9 heavy (non-hydrogen) atoms. The first-order valence-corrected chi connectivity index (χ1v) is 4.98. The standard InChI is InChI=1S/C3H10O2P2.W.Y/c1-5-7(2)3-6-4;;/h4,6H,3H2,1-2H3;;. The molecule has 0 heterocycles. The zero-order chi connectivity index (χ0) is 5.70. The van der Waals surface area contributed by atoms with Crippen molar-refractivity contribution in [1.29, 1.82) is 0 Å². The van der Waals surface area contributed by atoms with E-state index in [1.165, 1.54) is 0 Å². The van der Waals surface area contributed by atoms with Crippen molar-refractivity contribution >= 4 is 17.0 Å². The fourth-order valence-corrected chi connectivity index (χ4v) is 1.48. The second-order valence-corrected chi connectivity index (χ2v) is 4.33. The van der Waals surface area contributed by atoms with Crippen LogP contribution in [0.25, 0.3) is 0 Å². The Hall–Kier alpha value is 2.57. The summed E-state index contributed by atoms with van der Waals surface area (Å²) in [4.78, 5) is 8.33. The van der Waals surface area contributed by atoms with E-state index in [0.29, 0.717) is 0 Å². The maximum atomic E-state index is 8.33. The maximum Gasteiger partial charge on any atom is 0.0398 e. The predicted octanol–water partition coefficient (Wildman–Crippen LogP) is 1.20. The molecule has 0 aromatic rings. The predicted molar refractivity (Wildman–Crippen MR) is 35.3 cm³/mol. The summed E-state index contributed by atoms with van der Waals surface area (Å²) in [6.45, 7) is 2.00. The Labute approximate surface area is 98.7 Å². The van der Waals surface area contributed by atoms with Crippen molar-refractivity contribution < 1.29 is 63.2 Å². The van der Waals surface area contributed by atoms with Crippen molar-refractivity contribution in [2.75, 3.05) is 19.7 Å². The van der Waals surface area contributed by atoms with Gasteiger partial charge in [0.1, 0.15) is 0 Å². The van der Waals surface area contributed by atoms with Crippen molar-refractivity contribution in [3.8, 4) is 0 Å². The molecule has 0 bridgehead atoms. The fraction of sp³-hybridized carbons (Fsp3) is 1.00. The molecule has 0 saturated carbocycles. The quantitative estimate of drug-likeness (QED) is 0.706. The van der Waals surface area contributed by atoms with E-state index in [1.807, 2.05) is 6.66 Å². The van der Waals surface area contributed by atoms with Gasteiger partial charge in [0, 0.05) is 83.7 Å². The smallest absolute Gasteiger partial charge is 0.0398 e. The normalized spacial score (nSPS) is 12.3. The van der Waals surface area contributed by atoms with Crippen LogP contribution in [0.15, 0.2) is 0 Å². The molecule has 0 saturated heterocycles.